The summed E-state index contributed by atoms with van der Waals surface area (Å²) < 4.78 is 0. The van der Waals surface area contributed by atoms with E-state index in [-0.39, 0.29) is 50.6 Å². The highest BCUT2D eigenvalue weighted by Crippen LogP contribution is 2.31. The second kappa shape index (κ2) is 10.6. The average molecular weight is 486 g/mol. The summed E-state index contributed by atoms with van der Waals surface area (Å²) in [4.78, 5) is 53.9. The Morgan fingerprint density at radius 3 is 1.08 bits per heavy atom. The Morgan fingerprint density at radius 1 is 0.417 bits per heavy atom. The molecule has 0 saturated carbocycles. The first-order valence-electron chi connectivity index (χ1n) is 10.5. The van der Waals surface area contributed by atoms with Gasteiger partial charge in [0, 0.05) is 16.7 Å². The minimum absolute atomic E-state index is 0.0653. The third-order valence-corrected chi connectivity index (χ3v) is 5.47. The van der Waals surface area contributed by atoms with Crippen LogP contribution in [0.2, 0.25) is 0 Å². The van der Waals surface area contributed by atoms with Gasteiger partial charge in [-0.1, -0.05) is 54.6 Å². The van der Waals surface area contributed by atoms with E-state index in [1.807, 2.05) is 0 Å². The van der Waals surface area contributed by atoms with E-state index in [0.717, 1.165) is 0 Å². The van der Waals surface area contributed by atoms with E-state index in [4.69, 9.17) is 0 Å². The van der Waals surface area contributed by atoms with E-state index in [1.165, 1.54) is 91.0 Å². The lowest BCUT2D eigenvalue weighted by Crippen LogP contribution is -2.18. The van der Waals surface area contributed by atoms with Crippen molar-refractivity contribution in [2.24, 2.45) is 0 Å². The van der Waals surface area contributed by atoms with Crippen LogP contribution in [0.15, 0.2) is 91.0 Å². The zero-order valence-electron chi connectivity index (χ0n) is 18.5. The van der Waals surface area contributed by atoms with Gasteiger partial charge in [-0.05, 0) is 36.4 Å². The van der Waals surface area contributed by atoms with Crippen molar-refractivity contribution in [3.05, 3.63) is 124 Å². The van der Waals surface area contributed by atoms with Crippen LogP contribution in [0.25, 0.3) is 0 Å². The summed E-state index contributed by atoms with van der Waals surface area (Å²) in [5, 5.41) is 27.8. The number of rotatable bonds is 9. The minimum atomic E-state index is -0.795. The van der Waals surface area contributed by atoms with E-state index in [9.17, 15) is 30.2 Å². The molecule has 36 heavy (non-hydrogen) atoms. The maximum absolute atomic E-state index is 13.8. The second-order valence-electron chi connectivity index (χ2n) is 7.48. The minimum Gasteiger partial charge on any atom is -0.339 e. The van der Waals surface area contributed by atoms with E-state index in [2.05, 4.69) is 14.7 Å². The summed E-state index contributed by atoms with van der Waals surface area (Å²) in [6.45, 7) is 0. The van der Waals surface area contributed by atoms with Gasteiger partial charge >= 0.3 is 0 Å². The van der Waals surface area contributed by atoms with E-state index < -0.39 is 17.3 Å². The molecule has 0 unspecified atom stereocenters. The Labute approximate surface area is 204 Å². The lowest BCUT2D eigenvalue weighted by atomic mass is 9.86. The lowest BCUT2D eigenvalue weighted by molar-refractivity contribution is -0.138. The van der Waals surface area contributed by atoms with Crippen molar-refractivity contribution in [2.45, 2.75) is 0 Å². The zero-order chi connectivity index (χ0) is 25.7. The van der Waals surface area contributed by atoms with Gasteiger partial charge < -0.3 is 14.7 Å². The van der Waals surface area contributed by atoms with E-state index in [0.29, 0.717) is 0 Å². The van der Waals surface area contributed by atoms with Crippen LogP contribution in [0, 0.1) is 0 Å². The van der Waals surface area contributed by atoms with Gasteiger partial charge in [0.15, 0.2) is 34.6 Å². The molecule has 4 rings (SSSR count). The largest absolute Gasteiger partial charge is 0.339 e. The molecule has 0 aromatic heterocycles. The fraction of sp³-hybridized carbons (Fsp3) is 0. The Hall–Kier alpha value is -4.83. The van der Waals surface area contributed by atoms with Crippen molar-refractivity contribution in [2.75, 3.05) is 0 Å². The molecule has 0 radical (unpaired) electrons. The van der Waals surface area contributed by atoms with Crippen LogP contribution in [0.3, 0.4) is 0 Å². The predicted octanol–water partition coefficient (Wildman–Crippen LogP) is 4.94. The molecule has 4 aromatic rings. The van der Waals surface area contributed by atoms with Crippen LogP contribution < -0.4 is 14.7 Å². The molecule has 0 aliphatic carbocycles. The molecule has 4 aromatic carbocycles. The number of hydrogen-bond acceptors (Lipinski definition) is 9. The van der Waals surface area contributed by atoms with Crippen molar-refractivity contribution < 1.29 is 44.8 Å². The van der Waals surface area contributed by atoms with Crippen LogP contribution >= 0.6 is 0 Å². The number of ketones is 3. The monoisotopic (exact) mass is 486 g/mol. The summed E-state index contributed by atoms with van der Waals surface area (Å²) >= 11 is 0. The van der Waals surface area contributed by atoms with Gasteiger partial charge in [0.25, 0.3) is 0 Å². The smallest absolute Gasteiger partial charge is 0.198 e. The SMILES string of the molecule is O=C(c1ccccc1OO)c1cccc(C(=O)c2ccccc2OO)c1C(=O)c1ccccc1OO. The van der Waals surface area contributed by atoms with Crippen LogP contribution in [0.1, 0.15) is 47.8 Å². The first kappa shape index (κ1) is 24.3. The third-order valence-electron chi connectivity index (χ3n) is 5.47. The average Bonchev–Trinajstić information content (AvgIpc) is 2.95. The fourth-order valence-electron chi connectivity index (χ4n) is 3.80. The second-order valence-corrected chi connectivity index (χ2v) is 7.48. The normalized spacial score (nSPS) is 10.4. The fourth-order valence-corrected chi connectivity index (χ4v) is 3.80. The molecule has 180 valence electrons. The number of hydrogen-bond donors (Lipinski definition) is 3. The van der Waals surface area contributed by atoms with Gasteiger partial charge in [-0.15, -0.1) is 0 Å². The Bertz CT molecular complexity index is 1380. The quantitative estimate of drug-likeness (QED) is 0.171. The number of carbonyl (C=O) groups is 3. The molecule has 0 aliphatic heterocycles. The van der Waals surface area contributed by atoms with E-state index >= 15 is 0 Å². The molecule has 0 aliphatic rings. The number of para-hydroxylation sites is 3. The van der Waals surface area contributed by atoms with Gasteiger partial charge in [0.2, 0.25) is 0 Å². The molecule has 0 amide bonds. The predicted molar refractivity (Wildman–Crippen MR) is 126 cm³/mol. The molecule has 9 nitrogen and oxygen atoms in total. The van der Waals surface area contributed by atoms with E-state index in [1.54, 1.807) is 0 Å². The highest BCUT2D eigenvalue weighted by molar-refractivity contribution is 6.26. The van der Waals surface area contributed by atoms with Crippen LogP contribution in [0.5, 0.6) is 17.2 Å². The third kappa shape index (κ3) is 4.44. The van der Waals surface area contributed by atoms with Crippen LogP contribution in [0.4, 0.5) is 0 Å². The summed E-state index contributed by atoms with van der Waals surface area (Å²) in [7, 11) is 0. The van der Waals surface area contributed by atoms with Crippen molar-refractivity contribution >= 4 is 17.3 Å². The molecule has 0 spiro atoms. The molecule has 0 atom stereocenters. The molecule has 0 saturated heterocycles. The van der Waals surface area contributed by atoms with Gasteiger partial charge in [0.05, 0.1) is 16.7 Å². The lowest BCUT2D eigenvalue weighted by Gasteiger charge is -2.15. The molecule has 0 fully saturated rings. The van der Waals surface area contributed by atoms with Crippen LogP contribution in [-0.2, 0) is 0 Å². The van der Waals surface area contributed by atoms with Gasteiger partial charge in [-0.2, -0.15) is 0 Å². The van der Waals surface area contributed by atoms with Gasteiger partial charge in [0.1, 0.15) is 0 Å². The van der Waals surface area contributed by atoms with Crippen LogP contribution in [-0.4, -0.2) is 33.1 Å². The summed E-state index contributed by atoms with van der Waals surface area (Å²) in [5.74, 6) is -2.73. The standard InChI is InChI=1S/C27H18O9/c28-25(16-8-1-4-13-21(16)34-31)19-11-7-12-20(26(29)17-9-2-5-14-22(17)35-32)24(19)27(30)18-10-3-6-15-23(18)36-33/h1-15,31-33H. The molecular formula is C27H18O9. The molecule has 0 heterocycles. The zero-order valence-corrected chi connectivity index (χ0v) is 18.5. The Morgan fingerprint density at radius 2 is 0.722 bits per heavy atom. The molecule has 3 N–H and O–H groups in total. The molecule has 9 heteroatoms. The van der Waals surface area contributed by atoms with Crippen molar-refractivity contribution in [3.8, 4) is 17.2 Å². The Balaban J connectivity index is 1.98. The van der Waals surface area contributed by atoms with Gasteiger partial charge in [-0.3, -0.25) is 14.4 Å². The topological polar surface area (TPSA) is 140 Å². The van der Waals surface area contributed by atoms with Crippen molar-refractivity contribution in [3.63, 3.8) is 0 Å². The Kier molecular flexibility index (Phi) is 7.17. The molecule has 0 bridgehead atoms. The van der Waals surface area contributed by atoms with Gasteiger partial charge in [-0.25, -0.2) is 15.8 Å². The number of carbonyl (C=O) groups excluding carboxylic acids is 3. The molecular weight excluding hydrogens is 468 g/mol. The number of benzene rings is 4. The highest BCUT2D eigenvalue weighted by Gasteiger charge is 2.30. The first-order chi connectivity index (χ1) is 17.5. The van der Waals surface area contributed by atoms with Crippen molar-refractivity contribution in [1.29, 1.82) is 0 Å². The first-order valence-corrected chi connectivity index (χ1v) is 10.5. The summed E-state index contributed by atoms with van der Waals surface area (Å²) in [5.41, 5.74) is -0.893. The highest BCUT2D eigenvalue weighted by atomic mass is 17.1. The summed E-state index contributed by atoms with van der Waals surface area (Å²) in [6, 6.07) is 21.5. The maximum atomic E-state index is 13.8. The summed E-state index contributed by atoms with van der Waals surface area (Å²) in [6.07, 6.45) is 0. The van der Waals surface area contributed by atoms with Crippen molar-refractivity contribution in [1.82, 2.24) is 0 Å². The maximum Gasteiger partial charge on any atom is 0.198 e.